The topological polar surface area (TPSA) is 55.8 Å². The van der Waals surface area contributed by atoms with E-state index < -0.39 is 5.97 Å². The second-order valence-electron chi connectivity index (χ2n) is 5.88. The number of carboxylic acid groups (broad SMARTS) is 1. The molecule has 4 heteroatoms. The van der Waals surface area contributed by atoms with Crippen molar-refractivity contribution < 1.29 is 19.4 Å². The molecule has 1 N–H and O–H groups in total. The van der Waals surface area contributed by atoms with Gasteiger partial charge in [-0.15, -0.1) is 0 Å². The summed E-state index contributed by atoms with van der Waals surface area (Å²) in [7, 11) is 1.60. The van der Waals surface area contributed by atoms with Crippen molar-refractivity contribution >= 4 is 5.97 Å². The maximum Gasteiger partial charge on any atom is 0.307 e. The third-order valence-electron chi connectivity index (χ3n) is 4.03. The summed E-state index contributed by atoms with van der Waals surface area (Å²) in [4.78, 5) is 11.0. The summed E-state index contributed by atoms with van der Waals surface area (Å²) in [5, 5.41) is 9.06. The first-order chi connectivity index (χ1) is 12.7. The molecule has 0 unspecified atom stereocenters. The van der Waals surface area contributed by atoms with Gasteiger partial charge in [-0.1, -0.05) is 54.6 Å². The average molecular weight is 348 g/mol. The highest BCUT2D eigenvalue weighted by Gasteiger charge is 2.13. The predicted molar refractivity (Wildman–Crippen MR) is 101 cm³/mol. The van der Waals surface area contributed by atoms with Crippen LogP contribution in [-0.2, 0) is 17.8 Å². The number of ether oxygens (including phenoxy) is 2. The minimum absolute atomic E-state index is 0.0377. The van der Waals surface area contributed by atoms with Crippen molar-refractivity contribution in [1.82, 2.24) is 0 Å². The summed E-state index contributed by atoms with van der Waals surface area (Å²) in [5.74, 6) is 0.534. The van der Waals surface area contributed by atoms with Gasteiger partial charge in [-0.3, -0.25) is 4.79 Å². The number of rotatable bonds is 7. The molecule has 3 aromatic rings. The molecular formula is C22H20O4. The zero-order valence-electron chi connectivity index (χ0n) is 14.5. The molecule has 0 aromatic heterocycles. The van der Waals surface area contributed by atoms with E-state index in [4.69, 9.17) is 14.6 Å². The lowest BCUT2D eigenvalue weighted by Crippen LogP contribution is -2.01. The second-order valence-corrected chi connectivity index (χ2v) is 5.88. The Hall–Kier alpha value is -3.27. The van der Waals surface area contributed by atoms with Crippen LogP contribution in [0.3, 0.4) is 0 Å². The summed E-state index contributed by atoms with van der Waals surface area (Å²) in [6.45, 7) is 0.453. The fourth-order valence-electron chi connectivity index (χ4n) is 2.80. The summed E-state index contributed by atoms with van der Waals surface area (Å²) >= 11 is 0. The molecule has 0 saturated heterocycles. The molecule has 0 aliphatic carbocycles. The zero-order valence-corrected chi connectivity index (χ0v) is 14.5. The van der Waals surface area contributed by atoms with Gasteiger partial charge in [0.05, 0.1) is 13.5 Å². The average Bonchev–Trinajstić information content (AvgIpc) is 2.67. The molecule has 26 heavy (non-hydrogen) atoms. The maximum atomic E-state index is 11.0. The number of benzene rings is 3. The van der Waals surface area contributed by atoms with E-state index in [1.807, 2.05) is 60.7 Å². The Kier molecular flexibility index (Phi) is 5.54. The van der Waals surface area contributed by atoms with Gasteiger partial charge in [-0.25, -0.2) is 0 Å². The molecule has 0 bridgehead atoms. The highest BCUT2D eigenvalue weighted by atomic mass is 16.5. The number of carbonyl (C=O) groups is 1. The van der Waals surface area contributed by atoms with E-state index in [0.717, 1.165) is 22.4 Å². The molecule has 132 valence electrons. The minimum atomic E-state index is -0.866. The van der Waals surface area contributed by atoms with Crippen molar-refractivity contribution in [3.8, 4) is 22.6 Å². The van der Waals surface area contributed by atoms with Crippen molar-refractivity contribution in [2.45, 2.75) is 13.0 Å². The van der Waals surface area contributed by atoms with Gasteiger partial charge in [0.25, 0.3) is 0 Å². The summed E-state index contributed by atoms with van der Waals surface area (Å²) in [6, 6.07) is 23.0. The van der Waals surface area contributed by atoms with Crippen molar-refractivity contribution in [1.29, 1.82) is 0 Å². The zero-order chi connectivity index (χ0) is 18.4. The molecule has 0 aliphatic rings. The monoisotopic (exact) mass is 348 g/mol. The van der Waals surface area contributed by atoms with Crippen molar-refractivity contribution in [2.75, 3.05) is 7.11 Å². The van der Waals surface area contributed by atoms with E-state index >= 15 is 0 Å². The fourth-order valence-corrected chi connectivity index (χ4v) is 2.80. The third kappa shape index (κ3) is 4.22. The van der Waals surface area contributed by atoms with E-state index in [1.165, 1.54) is 0 Å². The van der Waals surface area contributed by atoms with Gasteiger partial charge in [0, 0.05) is 11.1 Å². The van der Waals surface area contributed by atoms with Gasteiger partial charge in [0.1, 0.15) is 18.1 Å². The van der Waals surface area contributed by atoms with Crippen molar-refractivity contribution in [3.05, 3.63) is 83.9 Å². The van der Waals surface area contributed by atoms with Crippen LogP contribution < -0.4 is 9.47 Å². The molecule has 4 nitrogen and oxygen atoms in total. The molecule has 0 saturated carbocycles. The van der Waals surface area contributed by atoms with Crippen LogP contribution in [0.4, 0.5) is 0 Å². The minimum Gasteiger partial charge on any atom is -0.496 e. The van der Waals surface area contributed by atoms with Crippen LogP contribution in [0.1, 0.15) is 11.1 Å². The van der Waals surface area contributed by atoms with Gasteiger partial charge in [-0.05, 0) is 29.3 Å². The first-order valence-electron chi connectivity index (χ1n) is 8.32. The van der Waals surface area contributed by atoms with Crippen LogP contribution in [0.2, 0.25) is 0 Å². The Balaban J connectivity index is 1.94. The third-order valence-corrected chi connectivity index (χ3v) is 4.03. The molecule has 3 aromatic carbocycles. The normalized spacial score (nSPS) is 10.3. The van der Waals surface area contributed by atoms with Gasteiger partial charge in [0.15, 0.2) is 0 Å². The molecule has 3 rings (SSSR count). The van der Waals surface area contributed by atoms with Crippen LogP contribution in [0.5, 0.6) is 11.5 Å². The van der Waals surface area contributed by atoms with Gasteiger partial charge in [0.2, 0.25) is 0 Å². The predicted octanol–water partition coefficient (Wildman–Crippen LogP) is 4.57. The van der Waals surface area contributed by atoms with E-state index in [9.17, 15) is 4.79 Å². The molecular weight excluding hydrogens is 328 g/mol. The van der Waals surface area contributed by atoms with Crippen LogP contribution >= 0.6 is 0 Å². The lowest BCUT2D eigenvalue weighted by molar-refractivity contribution is -0.136. The van der Waals surface area contributed by atoms with Crippen LogP contribution in [0.15, 0.2) is 72.8 Å². The number of hydrogen-bond acceptors (Lipinski definition) is 3. The first kappa shape index (κ1) is 17.5. The Bertz CT molecular complexity index is 888. The number of para-hydroxylation sites is 1. The lowest BCUT2D eigenvalue weighted by atomic mass is 9.99. The number of methoxy groups -OCH3 is 1. The lowest BCUT2D eigenvalue weighted by Gasteiger charge is -2.15. The van der Waals surface area contributed by atoms with Crippen molar-refractivity contribution in [2.24, 2.45) is 0 Å². The van der Waals surface area contributed by atoms with Gasteiger partial charge >= 0.3 is 5.97 Å². The van der Waals surface area contributed by atoms with E-state index in [1.54, 1.807) is 19.2 Å². The molecule has 0 heterocycles. The van der Waals surface area contributed by atoms with Crippen molar-refractivity contribution in [3.63, 3.8) is 0 Å². The van der Waals surface area contributed by atoms with Gasteiger partial charge < -0.3 is 14.6 Å². The van der Waals surface area contributed by atoms with E-state index in [2.05, 4.69) is 0 Å². The molecule has 0 aliphatic heterocycles. The fraction of sp³-hybridized carbons (Fsp3) is 0.136. The Morgan fingerprint density at radius 1 is 0.846 bits per heavy atom. The highest BCUT2D eigenvalue weighted by molar-refractivity contribution is 5.78. The Morgan fingerprint density at radius 2 is 1.58 bits per heavy atom. The molecule has 0 spiro atoms. The van der Waals surface area contributed by atoms with E-state index in [-0.39, 0.29) is 6.42 Å². The standard InChI is InChI=1S/C22H20O4/c1-25-20-12-11-17(14-22(23)24)13-19(20)18-9-5-6-10-21(18)26-15-16-7-3-2-4-8-16/h2-13H,14-15H2,1H3,(H,23,24). The quantitative estimate of drug-likeness (QED) is 0.680. The molecule has 0 atom stereocenters. The summed E-state index contributed by atoms with van der Waals surface area (Å²) in [6.07, 6.45) is -0.0377. The highest BCUT2D eigenvalue weighted by Crippen LogP contribution is 2.37. The van der Waals surface area contributed by atoms with Gasteiger partial charge in [-0.2, -0.15) is 0 Å². The van der Waals surface area contributed by atoms with E-state index in [0.29, 0.717) is 17.9 Å². The Morgan fingerprint density at radius 3 is 2.31 bits per heavy atom. The number of carboxylic acids is 1. The van der Waals surface area contributed by atoms with Crippen LogP contribution in [0.25, 0.3) is 11.1 Å². The SMILES string of the molecule is COc1ccc(CC(=O)O)cc1-c1ccccc1OCc1ccccc1. The molecule has 0 amide bonds. The Labute approximate surface area is 152 Å². The van der Waals surface area contributed by atoms with Crippen LogP contribution in [0, 0.1) is 0 Å². The molecule has 0 radical (unpaired) electrons. The molecule has 0 fully saturated rings. The summed E-state index contributed by atoms with van der Waals surface area (Å²) in [5.41, 5.74) is 3.47. The second kappa shape index (κ2) is 8.21. The number of aliphatic carboxylic acids is 1. The largest absolute Gasteiger partial charge is 0.496 e. The summed E-state index contributed by atoms with van der Waals surface area (Å²) < 4.78 is 11.5. The number of hydrogen-bond donors (Lipinski definition) is 1. The smallest absolute Gasteiger partial charge is 0.307 e. The van der Waals surface area contributed by atoms with Crippen LogP contribution in [-0.4, -0.2) is 18.2 Å². The maximum absolute atomic E-state index is 11.0. The first-order valence-corrected chi connectivity index (χ1v) is 8.32.